The third-order valence-electron chi connectivity index (χ3n) is 4.25. The average molecular weight is 497 g/mol. The number of hydrogen-bond donors (Lipinski definition) is 3. The molecular weight excluding hydrogens is 473 g/mol. The van der Waals surface area contributed by atoms with Crippen LogP contribution in [0.25, 0.3) is 0 Å². The van der Waals surface area contributed by atoms with Crippen LogP contribution < -0.4 is 16.0 Å². The Kier molecular flexibility index (Phi) is 8.30. The van der Waals surface area contributed by atoms with Gasteiger partial charge in [-0.15, -0.1) is 24.0 Å². The number of benzene rings is 1. The number of rotatable bonds is 5. The predicted octanol–water partition coefficient (Wildman–Crippen LogP) is 1.33. The second kappa shape index (κ2) is 10.7. The molecule has 1 fully saturated rings. The van der Waals surface area contributed by atoms with Gasteiger partial charge in [0.1, 0.15) is 0 Å². The van der Waals surface area contributed by atoms with Crippen LogP contribution in [0.1, 0.15) is 21.5 Å². The molecule has 2 aromatic rings. The Balaban J connectivity index is 0.00000280. The maximum Gasteiger partial charge on any atom is 0.254 e. The van der Waals surface area contributed by atoms with Gasteiger partial charge in [-0.2, -0.15) is 0 Å². The minimum absolute atomic E-state index is 0. The van der Waals surface area contributed by atoms with Crippen molar-refractivity contribution < 1.29 is 14.0 Å². The van der Waals surface area contributed by atoms with Crippen LogP contribution >= 0.6 is 24.0 Å². The third kappa shape index (κ3) is 5.98. The summed E-state index contributed by atoms with van der Waals surface area (Å²) in [6.07, 6.45) is 3.31. The second-order valence-electron chi connectivity index (χ2n) is 6.18. The molecule has 2 heterocycles. The van der Waals surface area contributed by atoms with Crippen LogP contribution in [0.3, 0.4) is 0 Å². The van der Waals surface area contributed by atoms with Gasteiger partial charge in [0.25, 0.3) is 5.91 Å². The molecule has 0 aliphatic carbocycles. The first-order chi connectivity index (χ1) is 13.2. The van der Waals surface area contributed by atoms with Gasteiger partial charge in [-0.05, 0) is 23.8 Å². The van der Waals surface area contributed by atoms with Crippen molar-refractivity contribution in [2.45, 2.75) is 13.1 Å². The van der Waals surface area contributed by atoms with E-state index < -0.39 is 0 Å². The summed E-state index contributed by atoms with van der Waals surface area (Å²) >= 11 is 0. The topological polar surface area (TPSA) is 99.0 Å². The van der Waals surface area contributed by atoms with Gasteiger partial charge in [0.15, 0.2) is 5.96 Å². The molecule has 8 nitrogen and oxygen atoms in total. The van der Waals surface area contributed by atoms with Crippen molar-refractivity contribution in [2.24, 2.45) is 4.99 Å². The number of piperazine rings is 1. The number of furan rings is 1. The number of hydrogen-bond acceptors (Lipinski definition) is 4. The Bertz CT molecular complexity index is 805. The first kappa shape index (κ1) is 21.7. The number of halogens is 1. The maximum atomic E-state index is 12.5. The molecule has 3 N–H and O–H groups in total. The molecule has 1 saturated heterocycles. The van der Waals surface area contributed by atoms with Crippen LogP contribution in [0.2, 0.25) is 0 Å². The van der Waals surface area contributed by atoms with Crippen LogP contribution in [-0.2, 0) is 17.9 Å². The zero-order valence-electron chi connectivity index (χ0n) is 15.6. The Morgan fingerprint density at radius 2 is 1.89 bits per heavy atom. The van der Waals surface area contributed by atoms with E-state index in [2.05, 4.69) is 20.9 Å². The van der Waals surface area contributed by atoms with Crippen molar-refractivity contribution in [3.05, 3.63) is 59.5 Å². The molecular formula is C19H24IN5O3. The van der Waals surface area contributed by atoms with Crippen LogP contribution in [0.5, 0.6) is 0 Å². The molecule has 0 bridgehead atoms. The number of aliphatic imine (C=N–C) groups is 1. The van der Waals surface area contributed by atoms with Gasteiger partial charge in [0, 0.05) is 44.4 Å². The molecule has 0 saturated carbocycles. The van der Waals surface area contributed by atoms with E-state index in [1.165, 1.54) is 0 Å². The Hall–Kier alpha value is -2.56. The van der Waals surface area contributed by atoms with Gasteiger partial charge in [0.05, 0.1) is 19.1 Å². The number of carbonyl (C=O) groups is 2. The van der Waals surface area contributed by atoms with Gasteiger partial charge >= 0.3 is 0 Å². The quantitative estimate of drug-likeness (QED) is 0.329. The zero-order chi connectivity index (χ0) is 19.1. The summed E-state index contributed by atoms with van der Waals surface area (Å²) in [7, 11) is 1.71. The first-order valence-electron chi connectivity index (χ1n) is 8.76. The second-order valence-corrected chi connectivity index (χ2v) is 6.18. The molecule has 0 radical (unpaired) electrons. The van der Waals surface area contributed by atoms with Crippen molar-refractivity contribution in [2.75, 3.05) is 26.7 Å². The smallest absolute Gasteiger partial charge is 0.254 e. The van der Waals surface area contributed by atoms with Crippen LogP contribution in [-0.4, -0.2) is 49.4 Å². The summed E-state index contributed by atoms with van der Waals surface area (Å²) in [5.74, 6) is 0.433. The lowest BCUT2D eigenvalue weighted by Crippen LogP contribution is -2.49. The highest BCUT2D eigenvalue weighted by molar-refractivity contribution is 14.0. The van der Waals surface area contributed by atoms with Gasteiger partial charge in [-0.1, -0.05) is 12.1 Å². The number of nitrogens with one attached hydrogen (secondary N) is 3. The van der Waals surface area contributed by atoms with E-state index >= 15 is 0 Å². The Morgan fingerprint density at radius 1 is 1.18 bits per heavy atom. The largest absolute Gasteiger partial charge is 0.472 e. The average Bonchev–Trinajstić information content (AvgIpc) is 3.21. The fraction of sp³-hybridized carbons (Fsp3) is 0.316. The minimum atomic E-state index is -0.123. The van der Waals surface area contributed by atoms with E-state index in [4.69, 9.17) is 4.42 Å². The molecule has 3 rings (SSSR count). The lowest BCUT2D eigenvalue weighted by Gasteiger charge is -2.26. The van der Waals surface area contributed by atoms with Crippen LogP contribution in [0.15, 0.2) is 52.3 Å². The normalized spacial score (nSPS) is 14.1. The molecule has 1 aromatic carbocycles. The Labute approximate surface area is 180 Å². The van der Waals surface area contributed by atoms with Gasteiger partial charge < -0.3 is 25.3 Å². The number of nitrogens with zero attached hydrogens (tertiary/aromatic N) is 2. The highest BCUT2D eigenvalue weighted by Crippen LogP contribution is 2.09. The molecule has 1 aliphatic rings. The third-order valence-corrected chi connectivity index (χ3v) is 4.25. The first-order valence-corrected chi connectivity index (χ1v) is 8.76. The SMILES string of the molecule is CN=C(NCc1ccc(C(=O)N2CCNC(=O)C2)cc1)NCc1ccoc1.I. The van der Waals surface area contributed by atoms with Crippen LogP contribution in [0.4, 0.5) is 0 Å². The van der Waals surface area contributed by atoms with E-state index in [1.807, 2.05) is 18.2 Å². The number of guanidine groups is 1. The standard InChI is InChI=1S/C19H23N5O3.HI/c1-20-19(23-11-15-6-9-27-13-15)22-10-14-2-4-16(5-3-14)18(26)24-8-7-21-17(25)12-24;/h2-6,9,13H,7-8,10-12H2,1H3,(H,21,25)(H2,20,22,23);1H. The van der Waals surface area contributed by atoms with E-state index in [9.17, 15) is 9.59 Å². The predicted molar refractivity (Wildman–Crippen MR) is 117 cm³/mol. The fourth-order valence-corrected chi connectivity index (χ4v) is 2.75. The van der Waals surface area contributed by atoms with Crippen molar-refractivity contribution in [3.8, 4) is 0 Å². The molecule has 150 valence electrons. The molecule has 9 heteroatoms. The molecule has 28 heavy (non-hydrogen) atoms. The molecule has 0 spiro atoms. The van der Waals surface area contributed by atoms with E-state index in [1.54, 1.807) is 36.6 Å². The maximum absolute atomic E-state index is 12.5. The van der Waals surface area contributed by atoms with E-state index in [0.717, 1.165) is 11.1 Å². The highest BCUT2D eigenvalue weighted by Gasteiger charge is 2.22. The molecule has 1 aliphatic heterocycles. The molecule has 1 aromatic heterocycles. The minimum Gasteiger partial charge on any atom is -0.472 e. The van der Waals surface area contributed by atoms with Crippen molar-refractivity contribution in [3.63, 3.8) is 0 Å². The van der Waals surface area contributed by atoms with Crippen molar-refractivity contribution in [1.29, 1.82) is 0 Å². The summed E-state index contributed by atoms with van der Waals surface area (Å²) in [6, 6.07) is 9.25. The van der Waals surface area contributed by atoms with E-state index in [0.29, 0.717) is 37.7 Å². The molecule has 0 atom stereocenters. The summed E-state index contributed by atoms with van der Waals surface area (Å²) in [5.41, 5.74) is 2.64. The summed E-state index contributed by atoms with van der Waals surface area (Å²) < 4.78 is 5.04. The fourth-order valence-electron chi connectivity index (χ4n) is 2.75. The molecule has 2 amide bonds. The van der Waals surface area contributed by atoms with Crippen molar-refractivity contribution in [1.82, 2.24) is 20.9 Å². The van der Waals surface area contributed by atoms with Gasteiger partial charge in [-0.25, -0.2) is 0 Å². The van der Waals surface area contributed by atoms with Crippen molar-refractivity contribution >= 4 is 41.8 Å². The van der Waals surface area contributed by atoms with Crippen LogP contribution in [0, 0.1) is 0 Å². The monoisotopic (exact) mass is 497 g/mol. The zero-order valence-corrected chi connectivity index (χ0v) is 17.9. The summed E-state index contributed by atoms with van der Waals surface area (Å²) in [6.45, 7) is 2.34. The molecule has 0 unspecified atom stereocenters. The highest BCUT2D eigenvalue weighted by atomic mass is 127. The summed E-state index contributed by atoms with van der Waals surface area (Å²) in [5, 5.41) is 9.14. The number of carbonyl (C=O) groups excluding carboxylic acids is 2. The summed E-state index contributed by atoms with van der Waals surface area (Å²) in [4.78, 5) is 29.6. The number of amides is 2. The van der Waals surface area contributed by atoms with Gasteiger partial charge in [-0.3, -0.25) is 14.6 Å². The van der Waals surface area contributed by atoms with Gasteiger partial charge in [0.2, 0.25) is 5.91 Å². The Morgan fingerprint density at radius 3 is 2.50 bits per heavy atom. The van der Waals surface area contributed by atoms with E-state index in [-0.39, 0.29) is 42.3 Å². The lowest BCUT2D eigenvalue weighted by molar-refractivity contribution is -0.123. The lowest BCUT2D eigenvalue weighted by atomic mass is 10.1.